The number of hydrogen-bond acceptors (Lipinski definition) is 6. The van der Waals surface area contributed by atoms with Gasteiger partial charge in [-0.15, -0.1) is 11.3 Å². The van der Waals surface area contributed by atoms with Crippen molar-refractivity contribution in [2.45, 2.75) is 11.0 Å². The lowest BCUT2D eigenvalue weighted by Gasteiger charge is -2.11. The van der Waals surface area contributed by atoms with Gasteiger partial charge in [-0.05, 0) is 23.6 Å². The highest BCUT2D eigenvalue weighted by molar-refractivity contribution is 7.89. The highest BCUT2D eigenvalue weighted by Crippen LogP contribution is 2.33. The van der Waals surface area contributed by atoms with Crippen molar-refractivity contribution in [1.29, 1.82) is 0 Å². The molecule has 0 aliphatic carbocycles. The molecule has 0 amide bonds. The number of hydrogen-bond donors (Lipinski definition) is 2. The molecule has 21 heavy (non-hydrogen) atoms. The van der Waals surface area contributed by atoms with Crippen LogP contribution in [0.15, 0.2) is 40.6 Å². The van der Waals surface area contributed by atoms with Gasteiger partial charge in [0.2, 0.25) is 16.8 Å². The average Bonchev–Trinajstić information content (AvgIpc) is 3.14. The Morgan fingerprint density at radius 1 is 1.29 bits per heavy atom. The zero-order chi connectivity index (χ0) is 14.9. The van der Waals surface area contributed by atoms with E-state index in [0.717, 1.165) is 0 Å². The fourth-order valence-electron chi connectivity index (χ4n) is 1.90. The number of aliphatic hydroxyl groups is 1. The van der Waals surface area contributed by atoms with Crippen LogP contribution < -0.4 is 14.2 Å². The predicted octanol–water partition coefficient (Wildman–Crippen LogP) is 1.49. The lowest BCUT2D eigenvalue weighted by molar-refractivity contribution is 0.174. The Kier molecular flexibility index (Phi) is 3.85. The molecule has 1 aromatic carbocycles. The molecule has 0 bridgehead atoms. The minimum atomic E-state index is -3.71. The van der Waals surface area contributed by atoms with E-state index in [1.165, 1.54) is 23.5 Å². The molecule has 0 fully saturated rings. The largest absolute Gasteiger partial charge is 0.454 e. The summed E-state index contributed by atoms with van der Waals surface area (Å²) in [4.78, 5) is 0.786. The third kappa shape index (κ3) is 3.03. The number of fused-ring (bicyclic) bond motifs is 1. The molecule has 6 nitrogen and oxygen atoms in total. The van der Waals surface area contributed by atoms with E-state index >= 15 is 0 Å². The van der Waals surface area contributed by atoms with E-state index in [2.05, 4.69) is 4.72 Å². The van der Waals surface area contributed by atoms with Gasteiger partial charge < -0.3 is 14.6 Å². The molecular formula is C13H13NO5S2. The van der Waals surface area contributed by atoms with Crippen LogP contribution in [-0.2, 0) is 10.0 Å². The van der Waals surface area contributed by atoms with Crippen LogP contribution in [0, 0.1) is 0 Å². The second-order valence-electron chi connectivity index (χ2n) is 4.40. The number of aliphatic hydroxyl groups excluding tert-OH is 1. The molecule has 112 valence electrons. The second-order valence-corrected chi connectivity index (χ2v) is 7.14. The first kappa shape index (κ1) is 14.3. The third-order valence-corrected chi connectivity index (χ3v) is 5.39. The zero-order valence-corrected chi connectivity index (χ0v) is 12.5. The number of rotatable bonds is 5. The van der Waals surface area contributed by atoms with E-state index in [4.69, 9.17) is 9.47 Å². The average molecular weight is 327 g/mol. The van der Waals surface area contributed by atoms with E-state index in [0.29, 0.717) is 16.4 Å². The van der Waals surface area contributed by atoms with Crippen molar-refractivity contribution < 1.29 is 23.0 Å². The molecule has 1 aliphatic rings. The van der Waals surface area contributed by atoms with Crippen molar-refractivity contribution in [3.05, 3.63) is 40.6 Å². The topological polar surface area (TPSA) is 84.9 Å². The van der Waals surface area contributed by atoms with Gasteiger partial charge in [-0.3, -0.25) is 0 Å². The summed E-state index contributed by atoms with van der Waals surface area (Å²) in [6, 6.07) is 7.95. The van der Waals surface area contributed by atoms with Crippen molar-refractivity contribution in [2.24, 2.45) is 0 Å². The molecule has 1 aliphatic heterocycles. The highest BCUT2D eigenvalue weighted by Gasteiger charge is 2.21. The van der Waals surface area contributed by atoms with Gasteiger partial charge in [0.25, 0.3) is 0 Å². The van der Waals surface area contributed by atoms with Gasteiger partial charge in [-0.25, -0.2) is 13.1 Å². The van der Waals surface area contributed by atoms with E-state index in [1.807, 2.05) is 5.38 Å². The Morgan fingerprint density at radius 2 is 2.10 bits per heavy atom. The molecule has 0 radical (unpaired) electrons. The van der Waals surface area contributed by atoms with Gasteiger partial charge in [0.05, 0.1) is 4.90 Å². The normalized spacial score (nSPS) is 15.1. The first-order valence-electron chi connectivity index (χ1n) is 6.17. The van der Waals surface area contributed by atoms with Crippen LogP contribution in [-0.4, -0.2) is 26.9 Å². The standard InChI is InChI=1S/C13H13NO5S2/c15-10(13-2-1-5-20-13)7-14-21(16,17)9-3-4-11-12(6-9)19-8-18-11/h1-6,10,14-15H,7-8H2. The number of benzene rings is 1. The molecule has 0 saturated heterocycles. The Balaban J connectivity index is 1.72. The van der Waals surface area contributed by atoms with E-state index in [-0.39, 0.29) is 18.2 Å². The fourth-order valence-corrected chi connectivity index (χ4v) is 3.66. The number of sulfonamides is 1. The Morgan fingerprint density at radius 3 is 2.86 bits per heavy atom. The summed E-state index contributed by atoms with van der Waals surface area (Å²) in [5.41, 5.74) is 0. The molecule has 0 spiro atoms. The Bertz CT molecular complexity index is 727. The molecule has 1 atom stereocenters. The highest BCUT2D eigenvalue weighted by atomic mass is 32.2. The van der Waals surface area contributed by atoms with E-state index in [9.17, 15) is 13.5 Å². The van der Waals surface area contributed by atoms with E-state index < -0.39 is 16.1 Å². The molecule has 2 heterocycles. The molecule has 3 rings (SSSR count). The summed E-state index contributed by atoms with van der Waals surface area (Å²) in [6.07, 6.45) is -0.867. The van der Waals surface area contributed by atoms with E-state index in [1.54, 1.807) is 18.2 Å². The SMILES string of the molecule is O=S(=O)(NCC(O)c1cccs1)c1ccc2c(c1)OCO2. The van der Waals surface area contributed by atoms with Crippen molar-refractivity contribution in [1.82, 2.24) is 4.72 Å². The van der Waals surface area contributed by atoms with Gasteiger partial charge >= 0.3 is 0 Å². The summed E-state index contributed by atoms with van der Waals surface area (Å²) in [6.45, 7) is 0.000638. The first-order chi connectivity index (χ1) is 10.1. The van der Waals surface area contributed by atoms with Crippen molar-refractivity contribution in [3.63, 3.8) is 0 Å². The van der Waals surface area contributed by atoms with Crippen LogP contribution in [0.5, 0.6) is 11.5 Å². The summed E-state index contributed by atoms with van der Waals surface area (Å²) < 4.78 is 37.1. The number of thiophene rings is 1. The number of nitrogens with one attached hydrogen (secondary N) is 1. The summed E-state index contributed by atoms with van der Waals surface area (Å²) >= 11 is 1.37. The van der Waals surface area contributed by atoms with Gasteiger partial charge in [0, 0.05) is 17.5 Å². The zero-order valence-electron chi connectivity index (χ0n) is 10.9. The minimum Gasteiger partial charge on any atom is -0.454 e. The van der Waals surface area contributed by atoms with Crippen LogP contribution in [0.1, 0.15) is 11.0 Å². The smallest absolute Gasteiger partial charge is 0.240 e. The van der Waals surface area contributed by atoms with Crippen molar-refractivity contribution in [2.75, 3.05) is 13.3 Å². The minimum absolute atomic E-state index is 0.0742. The maximum atomic E-state index is 12.2. The van der Waals surface area contributed by atoms with Crippen LogP contribution in [0.2, 0.25) is 0 Å². The third-order valence-electron chi connectivity index (χ3n) is 2.99. The maximum absolute atomic E-state index is 12.2. The quantitative estimate of drug-likeness (QED) is 0.869. The summed E-state index contributed by atoms with van der Waals surface area (Å²) in [5.74, 6) is 0.921. The molecule has 8 heteroatoms. The monoisotopic (exact) mass is 327 g/mol. The summed E-state index contributed by atoms with van der Waals surface area (Å²) in [5, 5.41) is 11.7. The van der Waals surface area contributed by atoms with Crippen molar-refractivity contribution >= 4 is 21.4 Å². The Hall–Kier alpha value is -1.61. The van der Waals surface area contributed by atoms with Gasteiger partial charge in [-0.2, -0.15) is 0 Å². The van der Waals surface area contributed by atoms with Crippen LogP contribution in [0.4, 0.5) is 0 Å². The maximum Gasteiger partial charge on any atom is 0.240 e. The second kappa shape index (κ2) is 5.64. The van der Waals surface area contributed by atoms with Crippen LogP contribution in [0.25, 0.3) is 0 Å². The summed E-state index contributed by atoms with van der Waals surface area (Å²) in [7, 11) is -3.71. The Labute approximate surface area is 126 Å². The fraction of sp³-hybridized carbons (Fsp3) is 0.231. The van der Waals surface area contributed by atoms with Gasteiger partial charge in [0.1, 0.15) is 6.10 Å². The first-order valence-corrected chi connectivity index (χ1v) is 8.53. The van der Waals surface area contributed by atoms with Gasteiger partial charge in [-0.1, -0.05) is 6.07 Å². The lowest BCUT2D eigenvalue weighted by Crippen LogP contribution is -2.28. The van der Waals surface area contributed by atoms with Crippen LogP contribution >= 0.6 is 11.3 Å². The molecule has 2 N–H and O–H groups in total. The molecule has 1 unspecified atom stereocenters. The lowest BCUT2D eigenvalue weighted by atomic mass is 10.3. The molecule has 2 aromatic rings. The molecule has 0 saturated carbocycles. The molecular weight excluding hydrogens is 314 g/mol. The molecule has 1 aromatic heterocycles. The predicted molar refractivity (Wildman–Crippen MR) is 77.0 cm³/mol. The van der Waals surface area contributed by atoms with Crippen LogP contribution in [0.3, 0.4) is 0 Å². The van der Waals surface area contributed by atoms with Gasteiger partial charge in [0.15, 0.2) is 11.5 Å². The number of ether oxygens (including phenoxy) is 2. The van der Waals surface area contributed by atoms with Crippen molar-refractivity contribution in [3.8, 4) is 11.5 Å².